The van der Waals surface area contributed by atoms with Crippen LogP contribution in [0.25, 0.3) is 0 Å². The molecule has 2 amide bonds. The van der Waals surface area contributed by atoms with Gasteiger partial charge in [0.15, 0.2) is 0 Å². The summed E-state index contributed by atoms with van der Waals surface area (Å²) in [6.45, 7) is 5.75. The number of morpholine rings is 1. The van der Waals surface area contributed by atoms with Gasteiger partial charge in [0.1, 0.15) is 6.04 Å². The van der Waals surface area contributed by atoms with Crippen LogP contribution in [0.5, 0.6) is 0 Å². The maximum Gasteiger partial charge on any atom is 0.326 e. The van der Waals surface area contributed by atoms with Crippen molar-refractivity contribution >= 4 is 12.0 Å². The van der Waals surface area contributed by atoms with E-state index in [-0.39, 0.29) is 25.2 Å². The number of urea groups is 1. The summed E-state index contributed by atoms with van der Waals surface area (Å²) in [4.78, 5) is 24.6. The van der Waals surface area contributed by atoms with Crippen LogP contribution in [0.1, 0.15) is 20.8 Å². The molecule has 0 bridgehead atoms. The smallest absolute Gasteiger partial charge is 0.326 e. The quantitative estimate of drug-likeness (QED) is 0.664. The lowest BCUT2D eigenvalue weighted by Gasteiger charge is -2.36. The molecule has 7 heteroatoms. The van der Waals surface area contributed by atoms with Crippen molar-refractivity contribution in [3.63, 3.8) is 0 Å². The molecule has 0 aromatic carbocycles. The highest BCUT2D eigenvalue weighted by Gasteiger charge is 2.31. The van der Waals surface area contributed by atoms with Crippen LogP contribution in [0.4, 0.5) is 4.79 Å². The summed E-state index contributed by atoms with van der Waals surface area (Å²) in [6, 6.07) is -1.35. The lowest BCUT2D eigenvalue weighted by atomic mass is 10.1. The number of aliphatic hydroxyl groups is 1. The van der Waals surface area contributed by atoms with Crippen molar-refractivity contribution in [2.24, 2.45) is 5.92 Å². The summed E-state index contributed by atoms with van der Waals surface area (Å²) in [7, 11) is 0. The zero-order chi connectivity index (χ0) is 14.6. The second kappa shape index (κ2) is 6.72. The number of carboxylic acids is 1. The summed E-state index contributed by atoms with van der Waals surface area (Å²) >= 11 is 0. The van der Waals surface area contributed by atoms with Crippen LogP contribution >= 0.6 is 0 Å². The van der Waals surface area contributed by atoms with E-state index >= 15 is 0 Å². The fourth-order valence-electron chi connectivity index (χ4n) is 2.05. The van der Waals surface area contributed by atoms with Gasteiger partial charge in [0.25, 0.3) is 0 Å². The monoisotopic (exact) mass is 274 g/mol. The summed E-state index contributed by atoms with van der Waals surface area (Å²) in [5.74, 6) is -1.25. The Bertz CT molecular complexity index is 334. The first-order chi connectivity index (χ1) is 8.85. The summed E-state index contributed by atoms with van der Waals surface area (Å²) in [5, 5.41) is 20.6. The second-order valence-electron chi connectivity index (χ2n) is 5.17. The Hall–Kier alpha value is -1.34. The van der Waals surface area contributed by atoms with Gasteiger partial charge in [-0.3, -0.25) is 0 Å². The first-order valence-electron chi connectivity index (χ1n) is 6.39. The molecule has 0 saturated carbocycles. The van der Waals surface area contributed by atoms with Crippen LogP contribution in [0.15, 0.2) is 0 Å². The first kappa shape index (κ1) is 15.7. The third kappa shape index (κ3) is 4.36. The van der Waals surface area contributed by atoms with Gasteiger partial charge >= 0.3 is 12.0 Å². The Morgan fingerprint density at radius 2 is 2.05 bits per heavy atom. The summed E-state index contributed by atoms with van der Waals surface area (Å²) < 4.78 is 5.43. The van der Waals surface area contributed by atoms with E-state index in [1.54, 1.807) is 20.8 Å². The number of ether oxygens (including phenoxy) is 1. The van der Waals surface area contributed by atoms with Crippen LogP contribution in [0.2, 0.25) is 0 Å². The van der Waals surface area contributed by atoms with Crippen molar-refractivity contribution in [1.82, 2.24) is 10.2 Å². The highest BCUT2D eigenvalue weighted by atomic mass is 16.5. The predicted molar refractivity (Wildman–Crippen MR) is 67.8 cm³/mol. The minimum atomic E-state index is -1.05. The van der Waals surface area contributed by atoms with Crippen molar-refractivity contribution in [3.05, 3.63) is 0 Å². The van der Waals surface area contributed by atoms with Crippen LogP contribution in [-0.4, -0.2) is 65.1 Å². The molecule has 1 aliphatic rings. The van der Waals surface area contributed by atoms with Crippen LogP contribution in [0.3, 0.4) is 0 Å². The maximum atomic E-state index is 12.0. The lowest BCUT2D eigenvalue weighted by Crippen LogP contribution is -2.56. The molecular weight excluding hydrogens is 252 g/mol. The van der Waals surface area contributed by atoms with Gasteiger partial charge in [0, 0.05) is 6.54 Å². The SMILES string of the molecule is CC1CN(C(=O)N[C@H](C(=O)O)C(C)C)CC(CO)O1. The predicted octanol–water partition coefficient (Wildman–Crippen LogP) is -0.113. The number of carboxylic acid groups (broad SMARTS) is 1. The Kier molecular flexibility index (Phi) is 5.56. The van der Waals surface area contributed by atoms with Gasteiger partial charge in [-0.15, -0.1) is 0 Å². The third-order valence-corrected chi connectivity index (χ3v) is 3.03. The van der Waals surface area contributed by atoms with Gasteiger partial charge in [-0.1, -0.05) is 13.8 Å². The number of hydrogen-bond donors (Lipinski definition) is 3. The molecule has 0 aliphatic carbocycles. The molecule has 1 aliphatic heterocycles. The molecule has 110 valence electrons. The molecule has 1 heterocycles. The number of aliphatic hydroxyl groups excluding tert-OH is 1. The zero-order valence-electron chi connectivity index (χ0n) is 11.5. The van der Waals surface area contributed by atoms with E-state index < -0.39 is 24.1 Å². The Morgan fingerprint density at radius 3 is 2.53 bits per heavy atom. The Labute approximate surface area is 112 Å². The summed E-state index contributed by atoms with van der Waals surface area (Å²) in [6.07, 6.45) is -0.601. The number of carbonyl (C=O) groups is 2. The average molecular weight is 274 g/mol. The molecule has 7 nitrogen and oxygen atoms in total. The molecular formula is C12H22N2O5. The normalized spacial score (nSPS) is 25.2. The van der Waals surface area contributed by atoms with E-state index in [2.05, 4.69) is 5.32 Å². The molecule has 3 atom stereocenters. The molecule has 0 aromatic heterocycles. The second-order valence-corrected chi connectivity index (χ2v) is 5.17. The minimum absolute atomic E-state index is 0.166. The third-order valence-electron chi connectivity index (χ3n) is 3.03. The largest absolute Gasteiger partial charge is 0.480 e. The summed E-state index contributed by atoms with van der Waals surface area (Å²) in [5.41, 5.74) is 0. The van der Waals surface area contributed by atoms with Gasteiger partial charge in [0.2, 0.25) is 0 Å². The molecule has 19 heavy (non-hydrogen) atoms. The molecule has 1 rings (SSSR count). The molecule has 3 N–H and O–H groups in total. The number of rotatable bonds is 4. The van der Waals surface area contributed by atoms with Crippen molar-refractivity contribution in [2.75, 3.05) is 19.7 Å². The number of nitrogens with one attached hydrogen (secondary N) is 1. The number of hydrogen-bond acceptors (Lipinski definition) is 4. The van der Waals surface area contributed by atoms with E-state index in [1.807, 2.05) is 0 Å². The van der Waals surface area contributed by atoms with E-state index in [9.17, 15) is 9.59 Å². The number of amides is 2. The molecule has 0 spiro atoms. The van der Waals surface area contributed by atoms with E-state index in [4.69, 9.17) is 14.9 Å². The highest BCUT2D eigenvalue weighted by molar-refractivity contribution is 5.82. The zero-order valence-corrected chi connectivity index (χ0v) is 11.5. The highest BCUT2D eigenvalue weighted by Crippen LogP contribution is 2.12. The molecule has 1 saturated heterocycles. The van der Waals surface area contributed by atoms with Gasteiger partial charge in [-0.2, -0.15) is 0 Å². The van der Waals surface area contributed by atoms with Crippen molar-refractivity contribution < 1.29 is 24.5 Å². The van der Waals surface area contributed by atoms with Crippen LogP contribution in [-0.2, 0) is 9.53 Å². The molecule has 0 radical (unpaired) electrons. The number of carbonyl (C=O) groups excluding carboxylic acids is 1. The van der Waals surface area contributed by atoms with Gasteiger partial charge in [-0.25, -0.2) is 9.59 Å². The van der Waals surface area contributed by atoms with E-state index in [1.165, 1.54) is 4.90 Å². The molecule has 2 unspecified atom stereocenters. The number of aliphatic carboxylic acids is 1. The van der Waals surface area contributed by atoms with Gasteiger partial charge in [0.05, 0.1) is 25.4 Å². The van der Waals surface area contributed by atoms with Gasteiger partial charge in [-0.05, 0) is 12.8 Å². The first-order valence-corrected chi connectivity index (χ1v) is 6.39. The minimum Gasteiger partial charge on any atom is -0.480 e. The maximum absolute atomic E-state index is 12.0. The molecule has 0 aromatic rings. The standard InChI is InChI=1S/C12H22N2O5/c1-7(2)10(11(16)17)13-12(18)14-4-8(3)19-9(5-14)6-15/h7-10,15H,4-6H2,1-3H3,(H,13,18)(H,16,17)/t8?,9?,10-/m0/s1. The van der Waals surface area contributed by atoms with Crippen molar-refractivity contribution in [3.8, 4) is 0 Å². The van der Waals surface area contributed by atoms with E-state index in [0.717, 1.165) is 0 Å². The fraction of sp³-hybridized carbons (Fsp3) is 0.833. The molecule has 1 fully saturated rings. The van der Waals surface area contributed by atoms with Crippen molar-refractivity contribution in [2.45, 2.75) is 39.0 Å². The Morgan fingerprint density at radius 1 is 1.42 bits per heavy atom. The lowest BCUT2D eigenvalue weighted by molar-refractivity contribution is -0.140. The van der Waals surface area contributed by atoms with E-state index in [0.29, 0.717) is 6.54 Å². The topological polar surface area (TPSA) is 99.1 Å². The number of nitrogens with zero attached hydrogens (tertiary/aromatic N) is 1. The Balaban J connectivity index is 2.63. The van der Waals surface area contributed by atoms with Crippen LogP contribution < -0.4 is 5.32 Å². The fourth-order valence-corrected chi connectivity index (χ4v) is 2.05. The van der Waals surface area contributed by atoms with Gasteiger partial charge < -0.3 is 25.2 Å². The average Bonchev–Trinajstić information content (AvgIpc) is 2.33. The van der Waals surface area contributed by atoms with Crippen molar-refractivity contribution in [1.29, 1.82) is 0 Å². The van der Waals surface area contributed by atoms with Crippen LogP contribution in [0, 0.1) is 5.92 Å².